The van der Waals surface area contributed by atoms with Crippen molar-refractivity contribution in [2.45, 2.75) is 33.3 Å². The topological polar surface area (TPSA) is 68.9 Å². The standard InChI is InChI=1S/C13H18ClN3O/c1-13(2,3)6-10(18)8-17-12-11(14)9(7-15)4-5-16-12/h4-5,10,18H,6,8H2,1-3H3,(H,16,17). The van der Waals surface area contributed by atoms with E-state index in [0.29, 0.717) is 29.4 Å². The number of nitrogens with zero attached hydrogens (tertiary/aromatic N) is 2. The van der Waals surface area contributed by atoms with Crippen molar-refractivity contribution in [1.29, 1.82) is 5.26 Å². The van der Waals surface area contributed by atoms with E-state index in [1.165, 1.54) is 6.20 Å². The molecule has 98 valence electrons. The molecule has 0 aliphatic carbocycles. The minimum Gasteiger partial charge on any atom is -0.391 e. The summed E-state index contributed by atoms with van der Waals surface area (Å²) >= 11 is 6.00. The highest BCUT2D eigenvalue weighted by atomic mass is 35.5. The van der Waals surface area contributed by atoms with Gasteiger partial charge in [-0.05, 0) is 17.9 Å². The van der Waals surface area contributed by atoms with Gasteiger partial charge in [0.25, 0.3) is 0 Å². The molecular weight excluding hydrogens is 250 g/mol. The first kappa shape index (κ1) is 14.7. The molecule has 18 heavy (non-hydrogen) atoms. The Morgan fingerprint density at radius 2 is 2.22 bits per heavy atom. The summed E-state index contributed by atoms with van der Waals surface area (Å²) < 4.78 is 0. The SMILES string of the molecule is CC(C)(C)CC(O)CNc1nccc(C#N)c1Cl. The lowest BCUT2D eigenvalue weighted by atomic mass is 9.89. The van der Waals surface area contributed by atoms with Crippen LogP contribution in [0.1, 0.15) is 32.8 Å². The molecule has 0 spiro atoms. The molecule has 1 unspecified atom stereocenters. The smallest absolute Gasteiger partial charge is 0.146 e. The van der Waals surface area contributed by atoms with Crippen molar-refractivity contribution < 1.29 is 5.11 Å². The Bertz CT molecular complexity index is 449. The Morgan fingerprint density at radius 3 is 2.78 bits per heavy atom. The van der Waals surface area contributed by atoms with Crippen LogP contribution in [0.15, 0.2) is 12.3 Å². The third kappa shape index (κ3) is 4.52. The number of aromatic nitrogens is 1. The van der Waals surface area contributed by atoms with Crippen molar-refractivity contribution in [3.05, 3.63) is 22.8 Å². The summed E-state index contributed by atoms with van der Waals surface area (Å²) in [6.07, 6.45) is 1.71. The predicted molar refractivity (Wildman–Crippen MR) is 72.5 cm³/mol. The normalized spacial score (nSPS) is 12.9. The van der Waals surface area contributed by atoms with Gasteiger partial charge in [0.15, 0.2) is 0 Å². The van der Waals surface area contributed by atoms with Gasteiger partial charge in [0, 0.05) is 12.7 Å². The lowest BCUT2D eigenvalue weighted by Gasteiger charge is -2.22. The summed E-state index contributed by atoms with van der Waals surface area (Å²) in [6.45, 7) is 6.56. The second kappa shape index (κ2) is 6.03. The molecule has 0 bridgehead atoms. The number of rotatable bonds is 4. The van der Waals surface area contributed by atoms with Crippen LogP contribution in [0.3, 0.4) is 0 Å². The van der Waals surface area contributed by atoms with Gasteiger partial charge in [0.1, 0.15) is 16.9 Å². The molecule has 0 amide bonds. The first-order chi connectivity index (χ1) is 8.33. The van der Waals surface area contributed by atoms with Crippen LogP contribution in [0.25, 0.3) is 0 Å². The number of pyridine rings is 1. The zero-order valence-corrected chi connectivity index (χ0v) is 11.6. The lowest BCUT2D eigenvalue weighted by molar-refractivity contribution is 0.132. The van der Waals surface area contributed by atoms with E-state index in [2.05, 4.69) is 31.1 Å². The van der Waals surface area contributed by atoms with Crippen molar-refractivity contribution in [1.82, 2.24) is 4.98 Å². The van der Waals surface area contributed by atoms with Crippen LogP contribution in [-0.2, 0) is 0 Å². The Morgan fingerprint density at radius 1 is 1.56 bits per heavy atom. The van der Waals surface area contributed by atoms with Crippen LogP contribution in [0.4, 0.5) is 5.82 Å². The molecule has 0 saturated carbocycles. The summed E-state index contributed by atoms with van der Waals surface area (Å²) in [5.74, 6) is 0.434. The van der Waals surface area contributed by atoms with Crippen LogP contribution in [-0.4, -0.2) is 22.7 Å². The maximum Gasteiger partial charge on any atom is 0.146 e. The van der Waals surface area contributed by atoms with E-state index in [9.17, 15) is 5.11 Å². The third-order valence-corrected chi connectivity index (χ3v) is 2.75. The van der Waals surface area contributed by atoms with Crippen LogP contribution < -0.4 is 5.32 Å². The van der Waals surface area contributed by atoms with Gasteiger partial charge < -0.3 is 10.4 Å². The fourth-order valence-electron chi connectivity index (χ4n) is 1.65. The Hall–Kier alpha value is -1.31. The molecule has 4 nitrogen and oxygen atoms in total. The highest BCUT2D eigenvalue weighted by Gasteiger charge is 2.17. The highest BCUT2D eigenvalue weighted by Crippen LogP contribution is 2.24. The summed E-state index contributed by atoms with van der Waals surface area (Å²) in [7, 11) is 0. The van der Waals surface area contributed by atoms with Gasteiger partial charge in [-0.3, -0.25) is 0 Å². The largest absolute Gasteiger partial charge is 0.391 e. The van der Waals surface area contributed by atoms with Gasteiger partial charge in [-0.15, -0.1) is 0 Å². The minimum absolute atomic E-state index is 0.0623. The van der Waals surface area contributed by atoms with Crippen LogP contribution in [0, 0.1) is 16.7 Å². The Labute approximate surface area is 113 Å². The Balaban J connectivity index is 2.62. The molecule has 0 aromatic carbocycles. The number of hydrogen-bond acceptors (Lipinski definition) is 4. The fraction of sp³-hybridized carbons (Fsp3) is 0.538. The number of aliphatic hydroxyl groups is 1. The van der Waals surface area contributed by atoms with Gasteiger partial charge in [0.2, 0.25) is 0 Å². The first-order valence-electron chi connectivity index (χ1n) is 5.80. The zero-order chi connectivity index (χ0) is 13.8. The molecule has 1 aromatic heterocycles. The summed E-state index contributed by atoms with van der Waals surface area (Å²) in [5.41, 5.74) is 0.437. The van der Waals surface area contributed by atoms with Crippen LogP contribution in [0.2, 0.25) is 5.02 Å². The molecule has 5 heteroatoms. The van der Waals surface area contributed by atoms with Crippen molar-refractivity contribution in [2.24, 2.45) is 5.41 Å². The van der Waals surface area contributed by atoms with E-state index in [0.717, 1.165) is 0 Å². The van der Waals surface area contributed by atoms with E-state index in [1.54, 1.807) is 6.07 Å². The molecule has 1 atom stereocenters. The minimum atomic E-state index is -0.478. The quantitative estimate of drug-likeness (QED) is 0.880. The maximum absolute atomic E-state index is 9.87. The van der Waals surface area contributed by atoms with Gasteiger partial charge in [0.05, 0.1) is 11.7 Å². The second-order valence-electron chi connectivity index (χ2n) is 5.43. The summed E-state index contributed by atoms with van der Waals surface area (Å²) in [5, 5.41) is 22.0. The average Bonchev–Trinajstić information content (AvgIpc) is 2.25. The number of hydrogen-bond donors (Lipinski definition) is 2. The molecule has 0 fully saturated rings. The van der Waals surface area contributed by atoms with Crippen molar-refractivity contribution in [2.75, 3.05) is 11.9 Å². The number of halogens is 1. The Kier molecular flexibility index (Phi) is 4.94. The summed E-state index contributed by atoms with van der Waals surface area (Å²) in [6, 6.07) is 3.54. The van der Waals surface area contributed by atoms with Gasteiger partial charge in [-0.2, -0.15) is 5.26 Å². The van der Waals surface area contributed by atoms with Crippen molar-refractivity contribution in [3.63, 3.8) is 0 Å². The number of nitrogens with one attached hydrogen (secondary N) is 1. The number of aliphatic hydroxyl groups excluding tert-OH is 1. The summed E-state index contributed by atoms with van der Waals surface area (Å²) in [4.78, 5) is 4.05. The molecule has 0 aliphatic heterocycles. The molecule has 2 N–H and O–H groups in total. The van der Waals surface area contributed by atoms with Crippen molar-refractivity contribution in [3.8, 4) is 6.07 Å². The van der Waals surface area contributed by atoms with E-state index in [4.69, 9.17) is 16.9 Å². The van der Waals surface area contributed by atoms with E-state index >= 15 is 0 Å². The fourth-order valence-corrected chi connectivity index (χ4v) is 1.87. The molecule has 1 heterocycles. The third-order valence-electron chi connectivity index (χ3n) is 2.36. The average molecular weight is 268 g/mol. The molecule has 1 rings (SSSR count). The highest BCUT2D eigenvalue weighted by molar-refractivity contribution is 6.34. The number of anilines is 1. The van der Waals surface area contributed by atoms with Crippen molar-refractivity contribution >= 4 is 17.4 Å². The number of nitriles is 1. The van der Waals surface area contributed by atoms with Gasteiger partial charge in [-0.25, -0.2) is 4.98 Å². The molecule has 1 aromatic rings. The molecule has 0 saturated heterocycles. The van der Waals surface area contributed by atoms with E-state index < -0.39 is 6.10 Å². The molecule has 0 radical (unpaired) electrons. The maximum atomic E-state index is 9.87. The van der Waals surface area contributed by atoms with Gasteiger partial charge in [-0.1, -0.05) is 32.4 Å². The second-order valence-corrected chi connectivity index (χ2v) is 5.81. The lowest BCUT2D eigenvalue weighted by Crippen LogP contribution is -2.25. The van der Waals surface area contributed by atoms with Crippen LogP contribution in [0.5, 0.6) is 0 Å². The van der Waals surface area contributed by atoms with Gasteiger partial charge >= 0.3 is 0 Å². The molecule has 0 aliphatic rings. The van der Waals surface area contributed by atoms with Crippen LogP contribution >= 0.6 is 11.6 Å². The van der Waals surface area contributed by atoms with E-state index in [1.807, 2.05) is 6.07 Å². The zero-order valence-electron chi connectivity index (χ0n) is 10.9. The van der Waals surface area contributed by atoms with E-state index in [-0.39, 0.29) is 5.41 Å². The predicted octanol–water partition coefficient (Wildman–Crippen LogP) is 2.82. The first-order valence-corrected chi connectivity index (χ1v) is 6.18. The monoisotopic (exact) mass is 267 g/mol. The molecular formula is C13H18ClN3O.